The van der Waals surface area contributed by atoms with Gasteiger partial charge < -0.3 is 0 Å². The fourth-order valence-corrected chi connectivity index (χ4v) is 3.98. The summed E-state index contributed by atoms with van der Waals surface area (Å²) in [4.78, 5) is 0. The van der Waals surface area contributed by atoms with Crippen LogP contribution in [0.5, 0.6) is 0 Å². The molecule has 0 nitrogen and oxygen atoms in total. The first-order chi connectivity index (χ1) is 15.3. The minimum atomic E-state index is 0.210. The van der Waals surface area contributed by atoms with E-state index in [9.17, 15) is 0 Å². The second-order valence-corrected chi connectivity index (χ2v) is 18.0. The number of fused-ring (bicyclic) bond motifs is 2. The van der Waals surface area contributed by atoms with Crippen LogP contribution >= 0.6 is 0 Å². The average Bonchev–Trinajstić information content (AvgIpc) is 3.30. The first-order valence-electron chi connectivity index (χ1n) is 11.1. The molecule has 0 bridgehead atoms. The molecule has 0 amide bonds. The van der Waals surface area contributed by atoms with Crippen molar-refractivity contribution in [1.29, 1.82) is 0 Å². The second kappa shape index (κ2) is 11.2. The van der Waals surface area contributed by atoms with Crippen LogP contribution in [0.1, 0.15) is 22.3 Å². The minimum absolute atomic E-state index is 0.210. The molecule has 0 aliphatic carbocycles. The fraction of sp³-hybridized carbons (Fsp3) is 0.200. The number of hydrogen-bond acceptors (Lipinski definition) is 0. The van der Waals surface area contributed by atoms with Gasteiger partial charge in [-0.25, -0.2) is 0 Å². The summed E-state index contributed by atoms with van der Waals surface area (Å²) in [5.41, 5.74) is 8.60. The molecule has 0 N–H and O–H groups in total. The van der Waals surface area contributed by atoms with E-state index in [0.29, 0.717) is 0 Å². The van der Waals surface area contributed by atoms with Crippen LogP contribution in [0.15, 0.2) is 84.9 Å². The SMILES string of the molecule is C[Si](C)=[Zr+2].Cc1[cH-]c(C)c(C)c1C.c1ccc2c(-c3c[cH-]c4ccccc34)cccc2c1. The number of aryl methyl sites for hydroxylation is 2. The molecule has 0 aliphatic rings. The maximum Gasteiger partial charge on any atom is -0.0186 e. The maximum atomic E-state index is 2.31. The third-order valence-corrected chi connectivity index (χ3v) is 5.94. The minimum Gasteiger partial charge on any atom is -0.196 e. The second-order valence-electron chi connectivity index (χ2n) is 8.62. The molecule has 0 unspecified atom stereocenters. The quantitative estimate of drug-likeness (QED) is 0.156. The average molecular weight is 512 g/mol. The molecule has 5 aromatic rings. The maximum absolute atomic E-state index is 2.31. The van der Waals surface area contributed by atoms with Crippen molar-refractivity contribution < 1.29 is 23.3 Å². The van der Waals surface area contributed by atoms with Crippen LogP contribution in [-0.2, 0) is 23.3 Å². The zero-order chi connectivity index (χ0) is 23.3. The normalized spacial score (nSPS) is 10.4. The molecule has 0 radical (unpaired) electrons. The molecule has 0 saturated heterocycles. The Kier molecular flexibility index (Phi) is 8.63. The predicted molar refractivity (Wildman–Crippen MR) is 141 cm³/mol. The van der Waals surface area contributed by atoms with Crippen molar-refractivity contribution >= 4 is 27.0 Å². The van der Waals surface area contributed by atoms with E-state index in [1.807, 2.05) is 0 Å². The van der Waals surface area contributed by atoms with Crippen LogP contribution < -0.4 is 0 Å². The monoisotopic (exact) mass is 510 g/mol. The van der Waals surface area contributed by atoms with E-state index in [1.165, 1.54) is 54.9 Å². The molecule has 0 aromatic heterocycles. The molecule has 160 valence electrons. The summed E-state index contributed by atoms with van der Waals surface area (Å²) in [6.07, 6.45) is 0. The molecule has 0 atom stereocenters. The summed E-state index contributed by atoms with van der Waals surface area (Å²) in [5.74, 6) is 0. The van der Waals surface area contributed by atoms with Crippen molar-refractivity contribution in [2.75, 3.05) is 0 Å². The summed E-state index contributed by atoms with van der Waals surface area (Å²) in [7, 11) is 0. The first kappa shape index (κ1) is 24.6. The molecule has 32 heavy (non-hydrogen) atoms. The molecule has 0 fully saturated rings. The number of rotatable bonds is 1. The third kappa shape index (κ3) is 5.85. The van der Waals surface area contributed by atoms with Gasteiger partial charge in [0.15, 0.2) is 0 Å². The van der Waals surface area contributed by atoms with E-state index in [1.54, 1.807) is 23.3 Å². The van der Waals surface area contributed by atoms with Crippen LogP contribution in [0, 0.1) is 27.7 Å². The van der Waals surface area contributed by atoms with Gasteiger partial charge in [0.05, 0.1) is 0 Å². The van der Waals surface area contributed by atoms with Gasteiger partial charge >= 0.3 is 41.9 Å². The van der Waals surface area contributed by atoms with Gasteiger partial charge in [-0.05, 0) is 10.8 Å². The van der Waals surface area contributed by atoms with Gasteiger partial charge in [-0.1, -0.05) is 81.8 Å². The summed E-state index contributed by atoms with van der Waals surface area (Å²) in [6, 6.07) is 30.3. The topological polar surface area (TPSA) is 0 Å². The standard InChI is InChI=1S/C19H13.C9H13.C2H6Si.Zr/c1-3-9-16-14(6-1)8-5-11-18(16)19-13-12-15-7-2-4-10-17(15)19;1-6-5-7(2)9(4)8(6)3;1-3-2;/h1-13H;5H,1-4H3;1-2H3;/q2*-1;;+2. The van der Waals surface area contributed by atoms with E-state index in [-0.39, 0.29) is 5.43 Å². The zero-order valence-electron chi connectivity index (χ0n) is 20.1. The summed E-state index contributed by atoms with van der Waals surface area (Å²) < 4.78 is 0. The number of hydrogen-bond donors (Lipinski definition) is 0. The van der Waals surface area contributed by atoms with Crippen molar-refractivity contribution in [3.8, 4) is 11.1 Å². The van der Waals surface area contributed by atoms with Gasteiger partial charge in [-0.15, -0.1) is 46.7 Å². The zero-order valence-corrected chi connectivity index (χ0v) is 23.5. The van der Waals surface area contributed by atoms with Crippen molar-refractivity contribution in [3.63, 3.8) is 0 Å². The Morgan fingerprint density at radius 3 is 1.78 bits per heavy atom. The van der Waals surface area contributed by atoms with Crippen LogP contribution in [0.25, 0.3) is 32.7 Å². The summed E-state index contributed by atoms with van der Waals surface area (Å²) in [6.45, 7) is 13.3. The van der Waals surface area contributed by atoms with E-state index in [0.717, 1.165) is 0 Å². The summed E-state index contributed by atoms with van der Waals surface area (Å²) >= 11 is 1.74. The molecule has 5 rings (SSSR count). The predicted octanol–water partition coefficient (Wildman–Crippen LogP) is 8.80. The fourth-order valence-electron chi connectivity index (χ4n) is 3.98. The Labute approximate surface area is 208 Å². The molecule has 5 aromatic carbocycles. The summed E-state index contributed by atoms with van der Waals surface area (Å²) in [5, 5.41) is 5.26. The van der Waals surface area contributed by atoms with Crippen LogP contribution in [-0.4, -0.2) is 5.43 Å². The van der Waals surface area contributed by atoms with E-state index < -0.39 is 0 Å². The van der Waals surface area contributed by atoms with Gasteiger partial charge in [0, 0.05) is 0 Å². The van der Waals surface area contributed by atoms with Gasteiger partial charge in [-0.2, -0.15) is 28.3 Å². The Bertz CT molecular complexity index is 1320. The molecule has 0 aliphatic heterocycles. The Balaban J connectivity index is 0.000000186. The van der Waals surface area contributed by atoms with Crippen molar-refractivity contribution in [2.24, 2.45) is 0 Å². The van der Waals surface area contributed by atoms with Crippen LogP contribution in [0.4, 0.5) is 0 Å². The molecule has 0 spiro atoms. The third-order valence-electron chi connectivity index (χ3n) is 5.94. The molecular weight excluding hydrogens is 480 g/mol. The Morgan fingerprint density at radius 1 is 0.656 bits per heavy atom. The van der Waals surface area contributed by atoms with Gasteiger partial charge in [0.2, 0.25) is 0 Å². The van der Waals surface area contributed by atoms with Crippen LogP contribution in [0.3, 0.4) is 0 Å². The largest absolute Gasteiger partial charge is 0.196 e. The Hall–Kier alpha value is -2.02. The molecular formula is C30H32SiZr. The number of benzene rings is 3. The molecule has 2 heteroatoms. The smallest absolute Gasteiger partial charge is 0.0186 e. The molecule has 0 heterocycles. The van der Waals surface area contributed by atoms with Gasteiger partial charge in [0.25, 0.3) is 0 Å². The van der Waals surface area contributed by atoms with Crippen LogP contribution in [0.2, 0.25) is 13.1 Å². The van der Waals surface area contributed by atoms with Crippen molar-refractivity contribution in [2.45, 2.75) is 40.8 Å². The van der Waals surface area contributed by atoms with Gasteiger partial charge in [-0.3, -0.25) is 0 Å². The molecule has 0 saturated carbocycles. The first-order valence-corrected chi connectivity index (χ1v) is 17.3. The van der Waals surface area contributed by atoms with E-state index >= 15 is 0 Å². The van der Waals surface area contributed by atoms with E-state index in [2.05, 4.69) is 126 Å². The van der Waals surface area contributed by atoms with Gasteiger partial charge in [0.1, 0.15) is 0 Å². The van der Waals surface area contributed by atoms with Crippen molar-refractivity contribution in [3.05, 3.63) is 107 Å². The van der Waals surface area contributed by atoms with E-state index in [4.69, 9.17) is 0 Å². The Morgan fingerprint density at radius 2 is 1.19 bits per heavy atom. The van der Waals surface area contributed by atoms with Crippen molar-refractivity contribution in [1.82, 2.24) is 0 Å².